The molecule has 0 saturated carbocycles. The number of para-hydroxylation sites is 3. The number of allylic oxidation sites excluding steroid dienone is 1. The Morgan fingerprint density at radius 3 is 2.47 bits per heavy atom. The fraction of sp³-hybridized carbons (Fsp3) is 0.0690. The number of thioether (sulfide) groups is 1. The van der Waals surface area contributed by atoms with Crippen molar-refractivity contribution in [2.45, 2.75) is 17.0 Å². The molecule has 38 heavy (non-hydrogen) atoms. The highest BCUT2D eigenvalue weighted by molar-refractivity contribution is 8.03. The summed E-state index contributed by atoms with van der Waals surface area (Å²) in [6, 6.07) is 24.3. The van der Waals surface area contributed by atoms with Crippen LogP contribution in [-0.2, 0) is 6.18 Å². The van der Waals surface area contributed by atoms with Gasteiger partial charge in [-0.05, 0) is 54.6 Å². The van der Waals surface area contributed by atoms with E-state index >= 15 is 0 Å². The molecular weight excluding hydrogens is 509 g/mol. The molecule has 0 amide bonds. The minimum absolute atomic E-state index is 0.296. The quantitative estimate of drug-likeness (QED) is 0.245. The van der Waals surface area contributed by atoms with Gasteiger partial charge < -0.3 is 15.1 Å². The molecule has 0 radical (unpaired) electrons. The van der Waals surface area contributed by atoms with E-state index in [9.17, 15) is 18.6 Å². The number of furan rings is 1. The third kappa shape index (κ3) is 3.61. The summed E-state index contributed by atoms with van der Waals surface area (Å²) in [5, 5.41) is 17.0. The van der Waals surface area contributed by atoms with Crippen LogP contribution in [0.15, 0.2) is 117 Å². The highest BCUT2D eigenvalue weighted by Crippen LogP contribution is 2.50. The molecule has 4 heterocycles. The summed E-state index contributed by atoms with van der Waals surface area (Å²) in [6.07, 6.45) is -2.45. The van der Waals surface area contributed by atoms with Gasteiger partial charge in [-0.2, -0.15) is 13.2 Å². The molecule has 5 nitrogen and oxygen atoms in total. The highest BCUT2D eigenvalue weighted by atomic mass is 32.2. The van der Waals surface area contributed by atoms with Gasteiger partial charge in [-0.25, -0.2) is 0 Å². The largest absolute Gasteiger partial charge is 0.460 e. The summed E-state index contributed by atoms with van der Waals surface area (Å²) in [5.41, 5.74) is 3.07. The molecule has 1 aromatic heterocycles. The zero-order chi connectivity index (χ0) is 26.0. The number of rotatable bonds is 2. The van der Waals surface area contributed by atoms with E-state index in [2.05, 4.69) is 10.6 Å². The van der Waals surface area contributed by atoms with Crippen LogP contribution in [0.2, 0.25) is 0 Å². The number of nitrogens with zero attached hydrogens (tertiary/aromatic N) is 1. The molecule has 3 N–H and O–H groups in total. The Morgan fingerprint density at radius 2 is 1.66 bits per heavy atom. The van der Waals surface area contributed by atoms with E-state index in [1.807, 2.05) is 59.5 Å². The maximum atomic E-state index is 13.3. The molecular formula is C29H19F3N4OS. The minimum atomic E-state index is -4.45. The predicted octanol–water partition coefficient (Wildman–Crippen LogP) is 8.24. The number of benzene rings is 3. The van der Waals surface area contributed by atoms with E-state index in [-0.39, 0.29) is 0 Å². The first-order valence-electron chi connectivity index (χ1n) is 11.9. The Labute approximate surface area is 220 Å². The van der Waals surface area contributed by atoms with Crippen molar-refractivity contribution in [1.29, 1.82) is 5.41 Å². The van der Waals surface area contributed by atoms with Crippen molar-refractivity contribution in [2.75, 3.05) is 15.5 Å². The highest BCUT2D eigenvalue weighted by Gasteiger charge is 2.40. The molecule has 0 saturated heterocycles. The molecule has 0 bridgehead atoms. The average molecular weight is 529 g/mol. The Balaban J connectivity index is 1.34. The summed E-state index contributed by atoms with van der Waals surface area (Å²) < 4.78 is 46.1. The van der Waals surface area contributed by atoms with Crippen molar-refractivity contribution < 1.29 is 17.6 Å². The second-order valence-electron chi connectivity index (χ2n) is 9.10. The van der Waals surface area contributed by atoms with E-state index in [0.717, 1.165) is 50.5 Å². The van der Waals surface area contributed by atoms with Crippen molar-refractivity contribution in [1.82, 2.24) is 0 Å². The fourth-order valence-corrected chi connectivity index (χ4v) is 6.09. The Morgan fingerprint density at radius 1 is 0.868 bits per heavy atom. The molecule has 0 spiro atoms. The van der Waals surface area contributed by atoms with E-state index in [0.29, 0.717) is 22.9 Å². The topological polar surface area (TPSA) is 64.3 Å². The SMILES string of the molecule is N=C1C(=C2Nc3ccccc3S2)[C@@H](c2ccc(-c3cccc(C(F)(F)F)c3)o2)C=C2Nc3ccccc3N12. The zero-order valence-electron chi connectivity index (χ0n) is 19.6. The van der Waals surface area contributed by atoms with Crippen molar-refractivity contribution >= 4 is 34.7 Å². The second kappa shape index (κ2) is 8.32. The van der Waals surface area contributed by atoms with Gasteiger partial charge in [0, 0.05) is 16.0 Å². The van der Waals surface area contributed by atoms with Crippen molar-refractivity contribution in [3.05, 3.63) is 119 Å². The van der Waals surface area contributed by atoms with E-state index in [1.54, 1.807) is 30.0 Å². The molecule has 3 aliphatic heterocycles. The predicted molar refractivity (Wildman–Crippen MR) is 143 cm³/mol. The van der Waals surface area contributed by atoms with Gasteiger partial charge in [0.05, 0.1) is 33.6 Å². The molecule has 188 valence electrons. The lowest BCUT2D eigenvalue weighted by Gasteiger charge is -2.31. The molecule has 3 aliphatic rings. The third-order valence-corrected chi connectivity index (χ3v) is 7.86. The lowest BCUT2D eigenvalue weighted by Crippen LogP contribution is -2.36. The van der Waals surface area contributed by atoms with Crippen LogP contribution < -0.4 is 15.5 Å². The summed E-state index contributed by atoms with van der Waals surface area (Å²) in [7, 11) is 0. The Hall–Kier alpha value is -4.37. The number of hydrogen-bond donors (Lipinski definition) is 3. The van der Waals surface area contributed by atoms with Crippen LogP contribution in [0.4, 0.5) is 30.2 Å². The summed E-state index contributed by atoms with van der Waals surface area (Å²) in [4.78, 5) is 2.93. The molecule has 0 fully saturated rings. The fourth-order valence-electron chi connectivity index (χ4n) is 5.00. The van der Waals surface area contributed by atoms with Gasteiger partial charge in [0.25, 0.3) is 0 Å². The maximum absolute atomic E-state index is 13.3. The average Bonchev–Trinajstić information content (AvgIpc) is 3.64. The summed E-state index contributed by atoms with van der Waals surface area (Å²) in [6.45, 7) is 0. The van der Waals surface area contributed by atoms with Crippen LogP contribution in [-0.4, -0.2) is 5.84 Å². The van der Waals surface area contributed by atoms with Crippen LogP contribution >= 0.6 is 11.8 Å². The van der Waals surface area contributed by atoms with Gasteiger partial charge >= 0.3 is 6.18 Å². The van der Waals surface area contributed by atoms with Crippen LogP contribution in [0.25, 0.3) is 11.3 Å². The maximum Gasteiger partial charge on any atom is 0.416 e. The molecule has 0 aliphatic carbocycles. The van der Waals surface area contributed by atoms with E-state index < -0.39 is 17.7 Å². The minimum Gasteiger partial charge on any atom is -0.460 e. The number of halogens is 3. The van der Waals surface area contributed by atoms with Crippen molar-refractivity contribution in [3.63, 3.8) is 0 Å². The van der Waals surface area contributed by atoms with Crippen LogP contribution in [0.3, 0.4) is 0 Å². The van der Waals surface area contributed by atoms with Crippen molar-refractivity contribution in [3.8, 4) is 11.3 Å². The number of hydrogen-bond acceptors (Lipinski definition) is 5. The van der Waals surface area contributed by atoms with Crippen LogP contribution in [0, 0.1) is 5.41 Å². The second-order valence-corrected chi connectivity index (χ2v) is 10.2. The van der Waals surface area contributed by atoms with Crippen LogP contribution in [0.5, 0.6) is 0 Å². The van der Waals surface area contributed by atoms with Crippen LogP contribution in [0.1, 0.15) is 17.2 Å². The summed E-state index contributed by atoms with van der Waals surface area (Å²) >= 11 is 1.55. The standard InChI is InChI=1S/C29H19F3N4OS/c30-29(31,32)17-7-5-6-16(14-17)22-12-13-23(37-22)18-15-25-34-19-8-1-3-10-21(19)36(25)27(33)26(18)28-35-20-9-2-4-11-24(20)38-28/h1-15,18,33-35H/t18-/m1/s1. The van der Waals surface area contributed by atoms with Gasteiger partial charge in [-0.1, -0.05) is 48.2 Å². The monoisotopic (exact) mass is 528 g/mol. The molecule has 4 aromatic rings. The van der Waals surface area contributed by atoms with Gasteiger partial charge in [0.1, 0.15) is 23.2 Å². The van der Waals surface area contributed by atoms with E-state index in [4.69, 9.17) is 4.42 Å². The Kier molecular flexibility index (Phi) is 4.99. The van der Waals surface area contributed by atoms with E-state index in [1.165, 1.54) is 6.07 Å². The zero-order valence-corrected chi connectivity index (χ0v) is 20.5. The first-order chi connectivity index (χ1) is 18.4. The smallest absolute Gasteiger partial charge is 0.416 e. The molecule has 0 unspecified atom stereocenters. The number of fused-ring (bicyclic) bond motifs is 4. The summed E-state index contributed by atoms with van der Waals surface area (Å²) in [5.74, 6) is 1.46. The molecule has 1 atom stereocenters. The molecule has 9 heteroatoms. The third-order valence-electron chi connectivity index (χ3n) is 6.76. The van der Waals surface area contributed by atoms with Gasteiger partial charge in [0.2, 0.25) is 0 Å². The van der Waals surface area contributed by atoms with Gasteiger partial charge in [-0.15, -0.1) is 0 Å². The van der Waals surface area contributed by atoms with Gasteiger partial charge in [-0.3, -0.25) is 10.3 Å². The number of nitrogens with one attached hydrogen (secondary N) is 3. The normalized spacial score (nSPS) is 19.9. The first-order valence-corrected chi connectivity index (χ1v) is 12.7. The van der Waals surface area contributed by atoms with Gasteiger partial charge in [0.15, 0.2) is 0 Å². The lowest BCUT2D eigenvalue weighted by atomic mass is 9.91. The first kappa shape index (κ1) is 22.8. The number of alkyl halides is 3. The molecule has 3 aromatic carbocycles. The molecule has 7 rings (SSSR count). The number of anilines is 3. The number of amidine groups is 1. The Bertz CT molecular complexity index is 1660. The lowest BCUT2D eigenvalue weighted by molar-refractivity contribution is -0.137. The van der Waals surface area contributed by atoms with Crippen molar-refractivity contribution in [2.24, 2.45) is 0 Å².